The molecule has 1 aliphatic carbocycles. The lowest BCUT2D eigenvalue weighted by Gasteiger charge is -2.38. The van der Waals surface area contributed by atoms with E-state index < -0.39 is 38.3 Å². The molecule has 0 aromatic heterocycles. The maximum atomic E-state index is 15.0. The quantitative estimate of drug-likeness (QED) is 0.656. The number of carbonyl (C=O) groups is 1. The molecule has 0 spiro atoms. The average Bonchev–Trinajstić information content (AvgIpc) is 2.71. The molecule has 32 heavy (non-hydrogen) atoms. The van der Waals surface area contributed by atoms with E-state index in [-0.39, 0.29) is 30.1 Å². The highest BCUT2D eigenvalue weighted by molar-refractivity contribution is 7.89. The molecule has 0 radical (unpaired) electrons. The van der Waals surface area contributed by atoms with Crippen molar-refractivity contribution in [1.82, 2.24) is 4.31 Å². The van der Waals surface area contributed by atoms with Gasteiger partial charge in [-0.25, -0.2) is 17.2 Å². The predicted molar refractivity (Wildman–Crippen MR) is 116 cm³/mol. The van der Waals surface area contributed by atoms with E-state index in [2.05, 4.69) is 0 Å². The second-order valence-electron chi connectivity index (χ2n) is 8.78. The summed E-state index contributed by atoms with van der Waals surface area (Å²) in [5, 5.41) is 8.88. The molecule has 170 valence electrons. The van der Waals surface area contributed by atoms with Gasteiger partial charge in [-0.2, -0.15) is 4.31 Å². The topological polar surface area (TPSA) is 74.7 Å². The van der Waals surface area contributed by atoms with Crippen molar-refractivity contribution in [2.75, 3.05) is 0 Å². The number of hydrogen-bond acceptors (Lipinski definition) is 3. The maximum absolute atomic E-state index is 15.0. The Balaban J connectivity index is 1.68. The van der Waals surface area contributed by atoms with Gasteiger partial charge in [0.15, 0.2) is 0 Å². The molecular weight excluding hydrogens is 436 g/mol. The van der Waals surface area contributed by atoms with Crippen LogP contribution >= 0.6 is 0 Å². The molecule has 1 N–H and O–H groups in total. The zero-order valence-corrected chi connectivity index (χ0v) is 18.7. The summed E-state index contributed by atoms with van der Waals surface area (Å²) in [4.78, 5) is 11.8. The van der Waals surface area contributed by atoms with Gasteiger partial charge in [-0.3, -0.25) is 4.79 Å². The summed E-state index contributed by atoms with van der Waals surface area (Å²) >= 11 is 0. The van der Waals surface area contributed by atoms with Crippen molar-refractivity contribution >= 4 is 16.0 Å². The minimum Gasteiger partial charge on any atom is -0.480 e. The van der Waals surface area contributed by atoms with E-state index >= 15 is 4.39 Å². The molecule has 1 heterocycles. The molecule has 1 aliphatic heterocycles. The predicted octanol–water partition coefficient (Wildman–Crippen LogP) is 4.69. The first-order valence-electron chi connectivity index (χ1n) is 10.5. The summed E-state index contributed by atoms with van der Waals surface area (Å²) in [5.41, 5.74) is -0.487. The lowest BCUT2D eigenvalue weighted by atomic mass is 9.66. The fourth-order valence-electron chi connectivity index (χ4n) is 4.83. The third kappa shape index (κ3) is 3.65. The van der Waals surface area contributed by atoms with Gasteiger partial charge in [-0.15, -0.1) is 0 Å². The molecular formula is C24H25F2NO4S. The number of rotatable bonds is 5. The number of sulfonamides is 1. The van der Waals surface area contributed by atoms with Crippen LogP contribution in [0.25, 0.3) is 0 Å². The van der Waals surface area contributed by atoms with Crippen LogP contribution in [0.1, 0.15) is 55.1 Å². The van der Waals surface area contributed by atoms with Gasteiger partial charge in [0, 0.05) is 23.7 Å². The molecule has 0 amide bonds. The second kappa shape index (κ2) is 8.08. The van der Waals surface area contributed by atoms with Crippen molar-refractivity contribution in [3.05, 3.63) is 82.4 Å². The van der Waals surface area contributed by atoms with Gasteiger partial charge >= 0.3 is 5.97 Å². The molecule has 2 aromatic rings. The summed E-state index contributed by atoms with van der Waals surface area (Å²) in [6.07, 6.45) is 2.57. The van der Waals surface area contributed by atoms with Gasteiger partial charge in [0.2, 0.25) is 10.0 Å². The standard InChI is InChI=1S/C24H25F2NO4S/c1-15-12-24(13-15,23(28)29)19-11-20(25)18(10-21(19)26)14-27-16(2)8-9-22(32(27,30)31)17-6-4-3-5-7-17/h3-7,10-12,16,22H,8-9,13-14H2,1-2H3,(H,28,29)/t16-,22+,24-/m0/s1. The van der Waals surface area contributed by atoms with Crippen molar-refractivity contribution in [2.45, 2.75) is 56.4 Å². The highest BCUT2D eigenvalue weighted by atomic mass is 32.2. The van der Waals surface area contributed by atoms with E-state index in [1.807, 2.05) is 6.07 Å². The molecule has 4 rings (SSSR count). The number of carboxylic acids is 1. The van der Waals surface area contributed by atoms with Crippen LogP contribution in [0.15, 0.2) is 54.1 Å². The fraction of sp³-hybridized carbons (Fsp3) is 0.375. The molecule has 3 atom stereocenters. The summed E-state index contributed by atoms with van der Waals surface area (Å²) in [6, 6.07) is 10.3. The molecule has 0 bridgehead atoms. The zero-order valence-electron chi connectivity index (χ0n) is 17.9. The Hall–Kier alpha value is -2.58. The van der Waals surface area contributed by atoms with E-state index in [4.69, 9.17) is 0 Å². The van der Waals surface area contributed by atoms with Crippen molar-refractivity contribution in [2.24, 2.45) is 0 Å². The number of halogens is 2. The lowest BCUT2D eigenvalue weighted by Crippen LogP contribution is -2.45. The van der Waals surface area contributed by atoms with Crippen LogP contribution in [0.2, 0.25) is 0 Å². The van der Waals surface area contributed by atoms with E-state index in [1.54, 1.807) is 38.1 Å². The summed E-state index contributed by atoms with van der Waals surface area (Å²) in [5.74, 6) is -2.91. The molecule has 0 saturated carbocycles. The van der Waals surface area contributed by atoms with Crippen molar-refractivity contribution in [3.8, 4) is 0 Å². The second-order valence-corrected chi connectivity index (χ2v) is 10.9. The van der Waals surface area contributed by atoms with Gasteiger partial charge in [0.1, 0.15) is 22.3 Å². The number of allylic oxidation sites excluding steroid dienone is 1. The molecule has 1 saturated heterocycles. The van der Waals surface area contributed by atoms with Crippen LogP contribution in [0, 0.1) is 11.6 Å². The highest BCUT2D eigenvalue weighted by Gasteiger charge is 2.47. The number of aliphatic carboxylic acids is 1. The Bertz CT molecular complexity index is 1200. The molecule has 2 aliphatic rings. The van der Waals surface area contributed by atoms with E-state index in [0.29, 0.717) is 18.4 Å². The first-order valence-corrected chi connectivity index (χ1v) is 12.0. The van der Waals surface area contributed by atoms with Crippen molar-refractivity contribution in [1.29, 1.82) is 0 Å². The number of benzene rings is 2. The van der Waals surface area contributed by atoms with Gasteiger partial charge in [-0.1, -0.05) is 42.0 Å². The molecule has 0 unspecified atom stereocenters. The number of hydrogen-bond donors (Lipinski definition) is 1. The molecule has 5 nitrogen and oxygen atoms in total. The first-order chi connectivity index (χ1) is 15.1. The third-order valence-corrected chi connectivity index (χ3v) is 8.94. The number of carboxylic acid groups (broad SMARTS) is 1. The monoisotopic (exact) mass is 461 g/mol. The summed E-state index contributed by atoms with van der Waals surface area (Å²) < 4.78 is 58.0. The van der Waals surface area contributed by atoms with Gasteiger partial charge in [0.25, 0.3) is 0 Å². The van der Waals surface area contributed by atoms with Crippen LogP contribution in [-0.4, -0.2) is 29.8 Å². The Morgan fingerprint density at radius 2 is 1.81 bits per heavy atom. The Labute approximate surface area is 186 Å². The Morgan fingerprint density at radius 1 is 1.16 bits per heavy atom. The molecule has 8 heteroatoms. The largest absolute Gasteiger partial charge is 0.480 e. The van der Waals surface area contributed by atoms with E-state index in [0.717, 1.165) is 17.7 Å². The smallest absolute Gasteiger partial charge is 0.318 e. The molecule has 2 aromatic carbocycles. The number of nitrogens with zero attached hydrogens (tertiary/aromatic N) is 1. The molecule has 1 fully saturated rings. The minimum absolute atomic E-state index is 0.105. The maximum Gasteiger partial charge on any atom is 0.318 e. The Kier molecular flexibility index (Phi) is 5.71. The first kappa shape index (κ1) is 22.6. The summed E-state index contributed by atoms with van der Waals surface area (Å²) in [7, 11) is -3.81. The van der Waals surface area contributed by atoms with Crippen LogP contribution in [0.5, 0.6) is 0 Å². The van der Waals surface area contributed by atoms with Gasteiger partial charge in [0.05, 0.1) is 0 Å². The SMILES string of the molecule is CC1=C[C@@](C(=O)O)(c2cc(F)c(CN3[C@@H](C)CC[C@H](c4ccccc4)S3(=O)=O)cc2F)C1. The minimum atomic E-state index is -3.81. The van der Waals surface area contributed by atoms with Gasteiger partial charge in [-0.05, 0) is 50.8 Å². The van der Waals surface area contributed by atoms with E-state index in [1.165, 1.54) is 10.4 Å². The van der Waals surface area contributed by atoms with Gasteiger partial charge < -0.3 is 5.11 Å². The van der Waals surface area contributed by atoms with Crippen LogP contribution in [-0.2, 0) is 26.8 Å². The van der Waals surface area contributed by atoms with Crippen LogP contribution in [0.3, 0.4) is 0 Å². The van der Waals surface area contributed by atoms with Crippen molar-refractivity contribution in [3.63, 3.8) is 0 Å². The van der Waals surface area contributed by atoms with Crippen molar-refractivity contribution < 1.29 is 27.1 Å². The Morgan fingerprint density at radius 3 is 2.41 bits per heavy atom. The third-order valence-electron chi connectivity index (χ3n) is 6.57. The lowest BCUT2D eigenvalue weighted by molar-refractivity contribution is -0.142. The van der Waals surface area contributed by atoms with E-state index in [9.17, 15) is 22.7 Å². The average molecular weight is 462 g/mol. The van der Waals surface area contributed by atoms with Crippen LogP contribution in [0.4, 0.5) is 8.78 Å². The fourth-order valence-corrected chi connectivity index (χ4v) is 7.02. The zero-order chi connectivity index (χ0) is 23.3. The highest BCUT2D eigenvalue weighted by Crippen LogP contribution is 2.44. The summed E-state index contributed by atoms with van der Waals surface area (Å²) in [6.45, 7) is 3.17. The normalized spacial score (nSPS) is 27.4. The van der Waals surface area contributed by atoms with Crippen LogP contribution < -0.4 is 0 Å².